The van der Waals surface area contributed by atoms with Crippen LogP contribution in [0.3, 0.4) is 0 Å². The number of aromatic nitrogens is 2. The van der Waals surface area contributed by atoms with Crippen molar-refractivity contribution >= 4 is 11.7 Å². The second kappa shape index (κ2) is 8.52. The first-order chi connectivity index (χ1) is 13.5. The second-order valence-corrected chi connectivity index (χ2v) is 6.61. The van der Waals surface area contributed by atoms with E-state index >= 15 is 0 Å². The van der Waals surface area contributed by atoms with Gasteiger partial charge in [0.25, 0.3) is 0 Å². The molecule has 0 fully saturated rings. The first kappa shape index (κ1) is 19.4. The fourth-order valence-electron chi connectivity index (χ4n) is 3.03. The number of rotatable bonds is 7. The Morgan fingerprint density at radius 3 is 2.54 bits per heavy atom. The molecule has 0 aliphatic rings. The van der Waals surface area contributed by atoms with Crippen LogP contribution in [0.25, 0.3) is 5.69 Å². The molecule has 1 amide bonds. The number of imidazole rings is 1. The van der Waals surface area contributed by atoms with E-state index < -0.39 is 0 Å². The molecule has 0 saturated heterocycles. The third-order valence-electron chi connectivity index (χ3n) is 4.61. The van der Waals surface area contributed by atoms with Crippen LogP contribution in [0.5, 0.6) is 5.75 Å². The number of hydrogen-bond acceptors (Lipinski definition) is 4. The van der Waals surface area contributed by atoms with Gasteiger partial charge in [-0.05, 0) is 49.7 Å². The lowest BCUT2D eigenvalue weighted by Crippen LogP contribution is -2.28. The standard InChI is InChI=1S/C22H23N3O3/c1-15(17-4-7-20(8-5-17)25-11-10-23-14-25)24-22(27)13-19-12-18(16(2)26)6-9-21(19)28-3/h4-12,14-15H,13H2,1-3H3,(H,24,27). The van der Waals surface area contributed by atoms with Gasteiger partial charge in [0.15, 0.2) is 5.78 Å². The number of carbonyl (C=O) groups is 2. The van der Waals surface area contributed by atoms with E-state index in [4.69, 9.17) is 4.74 Å². The van der Waals surface area contributed by atoms with E-state index in [1.54, 1.807) is 37.8 Å². The summed E-state index contributed by atoms with van der Waals surface area (Å²) >= 11 is 0. The molecule has 6 heteroatoms. The largest absolute Gasteiger partial charge is 0.496 e. The van der Waals surface area contributed by atoms with Gasteiger partial charge in [-0.15, -0.1) is 0 Å². The summed E-state index contributed by atoms with van der Waals surface area (Å²) in [6, 6.07) is 12.9. The zero-order valence-electron chi connectivity index (χ0n) is 16.2. The number of methoxy groups -OCH3 is 1. The van der Waals surface area contributed by atoms with E-state index in [2.05, 4.69) is 10.3 Å². The van der Waals surface area contributed by atoms with Crippen molar-refractivity contribution < 1.29 is 14.3 Å². The van der Waals surface area contributed by atoms with Crippen molar-refractivity contribution in [2.75, 3.05) is 7.11 Å². The molecule has 0 spiro atoms. The predicted octanol–water partition coefficient (Wildman–Crippen LogP) is 3.50. The van der Waals surface area contributed by atoms with Crippen LogP contribution in [0, 0.1) is 0 Å². The van der Waals surface area contributed by atoms with E-state index in [-0.39, 0.29) is 24.2 Å². The molecule has 1 heterocycles. The van der Waals surface area contributed by atoms with Crippen LogP contribution in [-0.2, 0) is 11.2 Å². The number of amides is 1. The normalized spacial score (nSPS) is 11.7. The van der Waals surface area contributed by atoms with Crippen molar-refractivity contribution in [2.45, 2.75) is 26.3 Å². The minimum atomic E-state index is -0.147. The maximum Gasteiger partial charge on any atom is 0.225 e. The molecular formula is C22H23N3O3. The Labute approximate surface area is 164 Å². The zero-order valence-corrected chi connectivity index (χ0v) is 16.2. The minimum Gasteiger partial charge on any atom is -0.496 e. The third-order valence-corrected chi connectivity index (χ3v) is 4.61. The van der Waals surface area contributed by atoms with Crippen molar-refractivity contribution in [3.8, 4) is 11.4 Å². The average Bonchev–Trinajstić information content (AvgIpc) is 3.22. The average molecular weight is 377 g/mol. The lowest BCUT2D eigenvalue weighted by atomic mass is 10.0. The Morgan fingerprint density at radius 1 is 1.18 bits per heavy atom. The monoisotopic (exact) mass is 377 g/mol. The summed E-state index contributed by atoms with van der Waals surface area (Å²) in [6.45, 7) is 3.44. The summed E-state index contributed by atoms with van der Waals surface area (Å²) in [7, 11) is 1.55. The Morgan fingerprint density at radius 2 is 1.93 bits per heavy atom. The van der Waals surface area contributed by atoms with Crippen molar-refractivity contribution in [1.29, 1.82) is 0 Å². The van der Waals surface area contributed by atoms with Gasteiger partial charge in [0, 0.05) is 29.2 Å². The molecule has 1 N–H and O–H groups in total. The number of ether oxygens (including phenoxy) is 1. The topological polar surface area (TPSA) is 73.2 Å². The predicted molar refractivity (Wildman–Crippen MR) is 107 cm³/mol. The maximum atomic E-state index is 12.5. The molecule has 1 atom stereocenters. The quantitative estimate of drug-likeness (QED) is 0.640. The number of Topliss-reactive ketones (excluding diaryl/α,β-unsaturated/α-hetero) is 1. The molecule has 0 aliphatic heterocycles. The zero-order chi connectivity index (χ0) is 20.1. The van der Waals surface area contributed by atoms with E-state index in [1.165, 1.54) is 6.92 Å². The van der Waals surface area contributed by atoms with Crippen molar-refractivity contribution in [3.05, 3.63) is 77.9 Å². The molecule has 3 aromatic rings. The third kappa shape index (κ3) is 4.46. The lowest BCUT2D eigenvalue weighted by molar-refractivity contribution is -0.121. The Bertz CT molecular complexity index is 963. The van der Waals surface area contributed by atoms with Crippen LogP contribution in [-0.4, -0.2) is 28.4 Å². The highest BCUT2D eigenvalue weighted by molar-refractivity contribution is 5.94. The summed E-state index contributed by atoms with van der Waals surface area (Å²) in [6.07, 6.45) is 5.49. The Kier molecular flexibility index (Phi) is 5.89. The van der Waals surface area contributed by atoms with Crippen LogP contribution >= 0.6 is 0 Å². The van der Waals surface area contributed by atoms with Gasteiger partial charge in [-0.1, -0.05) is 12.1 Å². The second-order valence-electron chi connectivity index (χ2n) is 6.61. The molecule has 28 heavy (non-hydrogen) atoms. The van der Waals surface area contributed by atoms with Gasteiger partial charge in [0.05, 0.1) is 25.9 Å². The van der Waals surface area contributed by atoms with Gasteiger partial charge in [-0.3, -0.25) is 9.59 Å². The molecule has 6 nitrogen and oxygen atoms in total. The van der Waals surface area contributed by atoms with E-state index in [1.807, 2.05) is 42.0 Å². The van der Waals surface area contributed by atoms with Gasteiger partial charge in [0.1, 0.15) is 5.75 Å². The van der Waals surface area contributed by atoms with Crippen molar-refractivity contribution in [1.82, 2.24) is 14.9 Å². The molecule has 0 bridgehead atoms. The molecule has 0 saturated carbocycles. The smallest absolute Gasteiger partial charge is 0.225 e. The van der Waals surface area contributed by atoms with E-state index in [9.17, 15) is 9.59 Å². The molecule has 144 valence electrons. The van der Waals surface area contributed by atoms with Gasteiger partial charge < -0.3 is 14.6 Å². The number of ketones is 1. The first-order valence-electron chi connectivity index (χ1n) is 9.03. The minimum absolute atomic E-state index is 0.0457. The van der Waals surface area contributed by atoms with Crippen molar-refractivity contribution in [3.63, 3.8) is 0 Å². The molecule has 1 unspecified atom stereocenters. The fourth-order valence-corrected chi connectivity index (χ4v) is 3.03. The summed E-state index contributed by atoms with van der Waals surface area (Å²) in [4.78, 5) is 28.2. The molecular weight excluding hydrogens is 354 g/mol. The summed E-state index contributed by atoms with van der Waals surface area (Å²) in [5.74, 6) is 0.415. The van der Waals surface area contributed by atoms with Crippen LogP contribution in [0.2, 0.25) is 0 Å². The first-order valence-corrected chi connectivity index (χ1v) is 9.03. The Balaban J connectivity index is 1.67. The van der Waals surface area contributed by atoms with E-state index in [0.717, 1.165) is 11.3 Å². The number of benzene rings is 2. The molecule has 0 aliphatic carbocycles. The molecule has 3 rings (SSSR count). The summed E-state index contributed by atoms with van der Waals surface area (Å²) in [5.41, 5.74) is 3.26. The fraction of sp³-hybridized carbons (Fsp3) is 0.227. The van der Waals surface area contributed by atoms with Crippen LogP contribution in [0.4, 0.5) is 0 Å². The summed E-state index contributed by atoms with van der Waals surface area (Å²) in [5, 5.41) is 3.00. The highest BCUT2D eigenvalue weighted by atomic mass is 16.5. The SMILES string of the molecule is COc1ccc(C(C)=O)cc1CC(=O)NC(C)c1ccc(-n2ccnc2)cc1. The molecule has 1 aromatic heterocycles. The van der Waals surface area contributed by atoms with Crippen LogP contribution < -0.4 is 10.1 Å². The molecule has 2 aromatic carbocycles. The van der Waals surface area contributed by atoms with Crippen LogP contribution in [0.1, 0.15) is 41.4 Å². The number of nitrogens with zero attached hydrogens (tertiary/aromatic N) is 2. The lowest BCUT2D eigenvalue weighted by Gasteiger charge is -2.16. The summed E-state index contributed by atoms with van der Waals surface area (Å²) < 4.78 is 7.24. The van der Waals surface area contributed by atoms with Gasteiger partial charge in [-0.2, -0.15) is 0 Å². The van der Waals surface area contributed by atoms with E-state index in [0.29, 0.717) is 16.9 Å². The molecule has 0 radical (unpaired) electrons. The van der Waals surface area contributed by atoms with Gasteiger partial charge in [-0.25, -0.2) is 4.98 Å². The number of carbonyl (C=O) groups excluding carboxylic acids is 2. The van der Waals surface area contributed by atoms with Crippen LogP contribution in [0.15, 0.2) is 61.2 Å². The van der Waals surface area contributed by atoms with Crippen molar-refractivity contribution in [2.24, 2.45) is 0 Å². The van der Waals surface area contributed by atoms with Gasteiger partial charge in [0.2, 0.25) is 5.91 Å². The number of hydrogen-bond donors (Lipinski definition) is 1. The highest BCUT2D eigenvalue weighted by Crippen LogP contribution is 2.22. The highest BCUT2D eigenvalue weighted by Gasteiger charge is 2.14. The maximum absolute atomic E-state index is 12.5. The Hall–Kier alpha value is -3.41. The number of nitrogens with one attached hydrogen (secondary N) is 1. The van der Waals surface area contributed by atoms with Gasteiger partial charge >= 0.3 is 0 Å².